The number of thiazole rings is 1. The van der Waals surface area contributed by atoms with E-state index >= 15 is 0 Å². The molecule has 0 bridgehead atoms. The molecular weight excluding hydrogens is 440 g/mol. The third kappa shape index (κ3) is 4.09. The van der Waals surface area contributed by atoms with Crippen LogP contribution >= 0.6 is 27.3 Å². The Bertz CT molecular complexity index is 1040. The topological polar surface area (TPSA) is 65.5 Å². The Morgan fingerprint density at radius 1 is 1.07 bits per heavy atom. The van der Waals surface area contributed by atoms with E-state index in [0.717, 1.165) is 40.9 Å². The number of likely N-dealkylation sites (N-methyl/N-ethyl adjacent to an activating group) is 1. The lowest BCUT2D eigenvalue weighted by molar-refractivity contribution is 0.0664. The summed E-state index contributed by atoms with van der Waals surface area (Å²) in [7, 11) is 2.06. The second kappa shape index (κ2) is 7.98. The van der Waals surface area contributed by atoms with E-state index in [9.17, 15) is 9.59 Å². The van der Waals surface area contributed by atoms with Gasteiger partial charge in [-0.15, -0.1) is 0 Å². The fourth-order valence-corrected chi connectivity index (χ4v) is 4.40. The summed E-state index contributed by atoms with van der Waals surface area (Å²) in [6.45, 7) is 3.26. The summed E-state index contributed by atoms with van der Waals surface area (Å²) >= 11 is 4.74. The van der Waals surface area contributed by atoms with E-state index in [2.05, 4.69) is 38.2 Å². The SMILES string of the molecule is CN1CCN(C(=O)c2ccc3nc(NC(=O)c4cccc(Br)c4)sc3c2)CC1. The first-order valence-corrected chi connectivity index (χ1v) is 10.6. The molecule has 1 N–H and O–H groups in total. The molecule has 1 fully saturated rings. The molecule has 3 aromatic rings. The van der Waals surface area contributed by atoms with Crippen molar-refractivity contribution < 1.29 is 9.59 Å². The molecule has 0 spiro atoms. The monoisotopic (exact) mass is 458 g/mol. The molecule has 2 heterocycles. The van der Waals surface area contributed by atoms with Crippen LogP contribution in [0.2, 0.25) is 0 Å². The van der Waals surface area contributed by atoms with Crippen LogP contribution in [0.4, 0.5) is 5.13 Å². The summed E-state index contributed by atoms with van der Waals surface area (Å²) in [5, 5.41) is 3.36. The Morgan fingerprint density at radius 3 is 2.61 bits per heavy atom. The number of amides is 2. The second-order valence-corrected chi connectivity index (χ2v) is 8.71. The van der Waals surface area contributed by atoms with Crippen LogP contribution in [0.25, 0.3) is 10.2 Å². The number of hydrogen-bond acceptors (Lipinski definition) is 5. The van der Waals surface area contributed by atoms with E-state index in [1.165, 1.54) is 11.3 Å². The molecule has 1 aliphatic heterocycles. The van der Waals surface area contributed by atoms with Crippen molar-refractivity contribution in [2.24, 2.45) is 0 Å². The van der Waals surface area contributed by atoms with Crippen molar-refractivity contribution in [3.63, 3.8) is 0 Å². The van der Waals surface area contributed by atoms with E-state index in [-0.39, 0.29) is 11.8 Å². The van der Waals surface area contributed by atoms with Gasteiger partial charge in [-0.1, -0.05) is 33.3 Å². The number of piperazine rings is 1. The van der Waals surface area contributed by atoms with Gasteiger partial charge in [0, 0.05) is 41.8 Å². The summed E-state index contributed by atoms with van der Waals surface area (Å²) in [6.07, 6.45) is 0. The Labute approximate surface area is 175 Å². The number of nitrogens with one attached hydrogen (secondary N) is 1. The van der Waals surface area contributed by atoms with Crippen molar-refractivity contribution in [1.82, 2.24) is 14.8 Å². The number of aromatic nitrogens is 1. The molecule has 1 aromatic heterocycles. The van der Waals surface area contributed by atoms with Crippen LogP contribution in [0.15, 0.2) is 46.9 Å². The number of benzene rings is 2. The van der Waals surface area contributed by atoms with Crippen LogP contribution in [0, 0.1) is 0 Å². The molecule has 0 saturated carbocycles. The molecule has 0 unspecified atom stereocenters. The average molecular weight is 459 g/mol. The molecule has 28 heavy (non-hydrogen) atoms. The lowest BCUT2D eigenvalue weighted by Gasteiger charge is -2.32. The van der Waals surface area contributed by atoms with Crippen LogP contribution in [0.1, 0.15) is 20.7 Å². The maximum atomic E-state index is 12.8. The van der Waals surface area contributed by atoms with Gasteiger partial charge in [-0.3, -0.25) is 14.9 Å². The minimum Gasteiger partial charge on any atom is -0.336 e. The molecule has 1 aliphatic rings. The fraction of sp³-hybridized carbons (Fsp3) is 0.250. The van der Waals surface area contributed by atoms with E-state index in [0.29, 0.717) is 16.3 Å². The Kier molecular flexibility index (Phi) is 5.43. The number of rotatable bonds is 3. The number of anilines is 1. The van der Waals surface area contributed by atoms with Gasteiger partial charge >= 0.3 is 0 Å². The third-order valence-corrected chi connectivity index (χ3v) is 6.16. The van der Waals surface area contributed by atoms with Crippen LogP contribution in [0.3, 0.4) is 0 Å². The minimum absolute atomic E-state index is 0.0446. The van der Waals surface area contributed by atoms with Gasteiger partial charge in [-0.25, -0.2) is 4.98 Å². The van der Waals surface area contributed by atoms with Gasteiger partial charge in [0.15, 0.2) is 5.13 Å². The lowest BCUT2D eigenvalue weighted by atomic mass is 10.1. The van der Waals surface area contributed by atoms with E-state index in [1.807, 2.05) is 35.2 Å². The largest absolute Gasteiger partial charge is 0.336 e. The van der Waals surface area contributed by atoms with Crippen LogP contribution in [-0.2, 0) is 0 Å². The molecular formula is C20H19BrN4O2S. The van der Waals surface area contributed by atoms with Crippen molar-refractivity contribution in [1.29, 1.82) is 0 Å². The van der Waals surface area contributed by atoms with Crippen molar-refractivity contribution in [2.75, 3.05) is 38.5 Å². The number of hydrogen-bond donors (Lipinski definition) is 1. The van der Waals surface area contributed by atoms with Gasteiger partial charge in [0.05, 0.1) is 10.2 Å². The zero-order valence-corrected chi connectivity index (χ0v) is 17.7. The Hall–Kier alpha value is -2.29. The third-order valence-electron chi connectivity index (χ3n) is 4.73. The van der Waals surface area contributed by atoms with Crippen molar-refractivity contribution >= 4 is 54.4 Å². The number of nitrogens with zero attached hydrogens (tertiary/aromatic N) is 3. The maximum Gasteiger partial charge on any atom is 0.257 e. The first kappa shape index (κ1) is 19.0. The smallest absolute Gasteiger partial charge is 0.257 e. The molecule has 0 radical (unpaired) electrons. The highest BCUT2D eigenvalue weighted by Crippen LogP contribution is 2.28. The molecule has 6 nitrogen and oxygen atoms in total. The van der Waals surface area contributed by atoms with E-state index in [1.54, 1.807) is 12.1 Å². The van der Waals surface area contributed by atoms with Gasteiger partial charge in [0.25, 0.3) is 11.8 Å². The maximum absolute atomic E-state index is 12.8. The Balaban J connectivity index is 1.51. The Morgan fingerprint density at radius 2 is 1.86 bits per heavy atom. The number of fused-ring (bicyclic) bond motifs is 1. The minimum atomic E-state index is -0.214. The molecule has 4 rings (SSSR count). The quantitative estimate of drug-likeness (QED) is 0.649. The van der Waals surface area contributed by atoms with Gasteiger partial charge < -0.3 is 9.80 Å². The predicted octanol–water partition coefficient (Wildman–Crippen LogP) is 3.70. The van der Waals surface area contributed by atoms with Crippen LogP contribution in [0.5, 0.6) is 0 Å². The van der Waals surface area contributed by atoms with Crippen molar-refractivity contribution in [3.8, 4) is 0 Å². The highest BCUT2D eigenvalue weighted by atomic mass is 79.9. The van der Waals surface area contributed by atoms with Crippen molar-refractivity contribution in [2.45, 2.75) is 0 Å². The van der Waals surface area contributed by atoms with E-state index < -0.39 is 0 Å². The summed E-state index contributed by atoms with van der Waals surface area (Å²) in [4.78, 5) is 33.8. The summed E-state index contributed by atoms with van der Waals surface area (Å²) < 4.78 is 1.72. The van der Waals surface area contributed by atoms with Crippen molar-refractivity contribution in [3.05, 3.63) is 58.1 Å². The summed E-state index contributed by atoms with van der Waals surface area (Å²) in [5.74, 6) is -0.169. The number of carbonyl (C=O) groups is 2. The van der Waals surface area contributed by atoms with E-state index in [4.69, 9.17) is 0 Å². The highest BCUT2D eigenvalue weighted by molar-refractivity contribution is 9.10. The second-order valence-electron chi connectivity index (χ2n) is 6.76. The molecule has 144 valence electrons. The summed E-state index contributed by atoms with van der Waals surface area (Å²) in [6, 6.07) is 12.7. The average Bonchev–Trinajstić information content (AvgIpc) is 3.09. The molecule has 0 atom stereocenters. The molecule has 8 heteroatoms. The zero-order chi connectivity index (χ0) is 19.7. The molecule has 2 aromatic carbocycles. The highest BCUT2D eigenvalue weighted by Gasteiger charge is 2.21. The predicted molar refractivity (Wildman–Crippen MR) is 115 cm³/mol. The van der Waals surface area contributed by atoms with Gasteiger partial charge in [0.2, 0.25) is 0 Å². The first-order valence-electron chi connectivity index (χ1n) is 8.95. The molecule has 2 amide bonds. The molecule has 1 saturated heterocycles. The normalized spacial score (nSPS) is 15.0. The van der Waals surface area contributed by atoms with Gasteiger partial charge in [-0.2, -0.15) is 0 Å². The summed E-state index contributed by atoms with van der Waals surface area (Å²) in [5.41, 5.74) is 1.98. The van der Waals surface area contributed by atoms with Crippen LogP contribution < -0.4 is 5.32 Å². The lowest BCUT2D eigenvalue weighted by Crippen LogP contribution is -2.47. The fourth-order valence-electron chi connectivity index (χ4n) is 3.10. The first-order chi connectivity index (χ1) is 13.5. The van der Waals surface area contributed by atoms with Crippen LogP contribution in [-0.4, -0.2) is 59.8 Å². The van der Waals surface area contributed by atoms with Gasteiger partial charge in [-0.05, 0) is 43.4 Å². The number of carbonyl (C=O) groups excluding carboxylic acids is 2. The standard InChI is InChI=1S/C20H19BrN4O2S/c1-24-7-9-25(10-8-24)19(27)14-5-6-16-17(12-14)28-20(22-16)23-18(26)13-3-2-4-15(21)11-13/h2-6,11-12H,7-10H2,1H3,(H,22,23,26). The van der Waals surface area contributed by atoms with Gasteiger partial charge in [0.1, 0.15) is 0 Å². The number of halogens is 1. The zero-order valence-electron chi connectivity index (χ0n) is 15.3. The molecule has 0 aliphatic carbocycles.